The maximum Gasteiger partial charge on any atom is 0.262 e. The number of fused-ring (bicyclic) bond motifs is 5. The summed E-state index contributed by atoms with van der Waals surface area (Å²) in [5.74, 6) is 6.06. The molecule has 1 N–H and O–H groups in total. The van der Waals surface area contributed by atoms with Crippen LogP contribution in [0.4, 0.5) is 5.69 Å². The van der Waals surface area contributed by atoms with Gasteiger partial charge in [-0.25, -0.2) is 9.19 Å². The van der Waals surface area contributed by atoms with Crippen molar-refractivity contribution in [3.8, 4) is 5.75 Å². The lowest BCUT2D eigenvalue weighted by atomic mass is 9.68. The molecule has 1 amide bonds. The molecular weight excluding hydrogens is 646 g/mol. The van der Waals surface area contributed by atoms with Crippen LogP contribution in [0.15, 0.2) is 54.9 Å². The second-order valence-corrected chi connectivity index (χ2v) is 17.3. The third kappa shape index (κ3) is 5.94. The molecule has 11 heteroatoms. The summed E-state index contributed by atoms with van der Waals surface area (Å²) in [6, 6.07) is 11.9. The standard InChI is InChI=1S/C37H44ClN5O4S/c1-42-23-39-35(40-42)20-46-32-7-3-5-24-10-15-34(24)48(2,45)41-36(44)26-9-14-33-31(18-26)43(19-27-8-12-29(27)32)21-37(22-47-33)16-4-6-25-17-28(38)11-13-30(25)37/h3,7,9,11,13-14,17-18,23-24,27,29,32,34H,2,4-6,8,10,12,15-16,19-22H2,1H3,(H,41,44,45)/b7-3+/t24-,27-,29+,32-,34-,37-,48?/m0/s1. The Hall–Kier alpha value is -3.34. The number of ether oxygens (including phenoxy) is 2. The van der Waals surface area contributed by atoms with Crippen LogP contribution in [-0.2, 0) is 39.9 Å². The number of hydrogen-bond donors (Lipinski definition) is 1. The van der Waals surface area contributed by atoms with Gasteiger partial charge in [-0.15, -0.1) is 0 Å². The zero-order valence-corrected chi connectivity index (χ0v) is 29.1. The molecule has 1 spiro atoms. The number of allylic oxidation sites excluding steroid dienone is 1. The molecule has 2 saturated carbocycles. The van der Waals surface area contributed by atoms with Crippen molar-refractivity contribution in [2.45, 2.75) is 74.7 Å². The Kier molecular flexibility index (Phi) is 8.32. The Labute approximate surface area is 288 Å². The molecule has 5 aliphatic rings. The van der Waals surface area contributed by atoms with Crippen LogP contribution >= 0.6 is 11.6 Å². The third-order valence-corrected chi connectivity index (χ3v) is 13.9. The lowest BCUT2D eigenvalue weighted by Crippen LogP contribution is -2.50. The minimum Gasteiger partial charge on any atom is -0.490 e. The first-order chi connectivity index (χ1) is 23.2. The number of nitrogens with one attached hydrogen (secondary N) is 1. The minimum atomic E-state index is -2.86. The van der Waals surface area contributed by atoms with Crippen LogP contribution in [-0.4, -0.2) is 61.8 Å². The van der Waals surface area contributed by atoms with E-state index in [4.69, 9.17) is 21.1 Å². The molecule has 7 atom stereocenters. The van der Waals surface area contributed by atoms with Gasteiger partial charge in [0.25, 0.3) is 5.91 Å². The number of nitrogens with zero attached hydrogens (tertiary/aromatic N) is 4. The number of rotatable bonds is 3. The van der Waals surface area contributed by atoms with Gasteiger partial charge in [0.15, 0.2) is 5.82 Å². The molecule has 2 aliphatic heterocycles. The second-order valence-electron chi connectivity index (χ2n) is 14.6. The maximum atomic E-state index is 13.9. The third-order valence-electron chi connectivity index (χ3n) is 11.6. The summed E-state index contributed by atoms with van der Waals surface area (Å²) in [6.45, 7) is 2.46. The fraction of sp³-hybridized carbons (Fsp3) is 0.514. The van der Waals surface area contributed by atoms with E-state index in [2.05, 4.69) is 49.9 Å². The molecule has 254 valence electrons. The zero-order chi connectivity index (χ0) is 33.0. The number of amides is 1. The topological polar surface area (TPSA) is 98.6 Å². The van der Waals surface area contributed by atoms with Crippen molar-refractivity contribution in [1.29, 1.82) is 0 Å². The van der Waals surface area contributed by atoms with Gasteiger partial charge in [-0.3, -0.25) is 14.2 Å². The molecule has 2 fully saturated rings. The van der Waals surface area contributed by atoms with Gasteiger partial charge in [-0.05, 0) is 116 Å². The summed E-state index contributed by atoms with van der Waals surface area (Å²) in [5, 5.41) is 5.05. The van der Waals surface area contributed by atoms with E-state index in [0.29, 0.717) is 36.4 Å². The number of aryl methyl sites for hydroxylation is 2. The number of carbonyl (C=O) groups excluding carboxylic acids is 1. The van der Waals surface area contributed by atoms with E-state index < -0.39 is 9.71 Å². The van der Waals surface area contributed by atoms with E-state index in [1.165, 1.54) is 11.1 Å². The smallest absolute Gasteiger partial charge is 0.262 e. The molecule has 0 radical (unpaired) electrons. The molecule has 1 aromatic heterocycles. The lowest BCUT2D eigenvalue weighted by molar-refractivity contribution is -0.0249. The van der Waals surface area contributed by atoms with E-state index in [1.54, 1.807) is 17.1 Å². The molecule has 1 unspecified atom stereocenters. The summed E-state index contributed by atoms with van der Waals surface area (Å²) in [7, 11) is -0.991. The van der Waals surface area contributed by atoms with Gasteiger partial charge in [0.05, 0.1) is 28.1 Å². The fourth-order valence-corrected chi connectivity index (χ4v) is 10.9. The zero-order valence-electron chi connectivity index (χ0n) is 27.5. The summed E-state index contributed by atoms with van der Waals surface area (Å²) in [6.07, 6.45) is 13.8. The van der Waals surface area contributed by atoms with Gasteiger partial charge in [-0.1, -0.05) is 29.8 Å². The summed E-state index contributed by atoms with van der Waals surface area (Å²) in [4.78, 5) is 20.5. The number of anilines is 1. The molecule has 8 rings (SSSR count). The highest BCUT2D eigenvalue weighted by atomic mass is 35.5. The Morgan fingerprint density at radius 1 is 1.17 bits per heavy atom. The van der Waals surface area contributed by atoms with Crippen LogP contribution in [0.3, 0.4) is 0 Å². The van der Waals surface area contributed by atoms with Crippen molar-refractivity contribution in [1.82, 2.24) is 19.5 Å². The second kappa shape index (κ2) is 12.5. The highest BCUT2D eigenvalue weighted by molar-refractivity contribution is 7.99. The Morgan fingerprint density at radius 2 is 2.04 bits per heavy atom. The van der Waals surface area contributed by atoms with Gasteiger partial charge < -0.3 is 14.4 Å². The summed E-state index contributed by atoms with van der Waals surface area (Å²) < 4.78 is 31.7. The first-order valence-electron chi connectivity index (χ1n) is 17.3. The van der Waals surface area contributed by atoms with Gasteiger partial charge in [0.1, 0.15) is 18.7 Å². The van der Waals surface area contributed by atoms with Crippen LogP contribution < -0.4 is 14.4 Å². The molecule has 0 saturated heterocycles. The normalized spacial score (nSPS) is 33.5. The predicted molar refractivity (Wildman–Crippen MR) is 189 cm³/mol. The maximum absolute atomic E-state index is 13.9. The van der Waals surface area contributed by atoms with E-state index in [-0.39, 0.29) is 28.6 Å². The van der Waals surface area contributed by atoms with E-state index in [0.717, 1.165) is 80.9 Å². The molecule has 3 heterocycles. The quantitative estimate of drug-likeness (QED) is 0.280. The summed E-state index contributed by atoms with van der Waals surface area (Å²) >= 11 is 6.47. The van der Waals surface area contributed by atoms with Crippen molar-refractivity contribution in [2.75, 3.05) is 24.6 Å². The Bertz CT molecular complexity index is 1860. The summed E-state index contributed by atoms with van der Waals surface area (Å²) in [5.41, 5.74) is 3.76. The lowest BCUT2D eigenvalue weighted by Gasteiger charge is -2.46. The molecule has 2 aromatic carbocycles. The van der Waals surface area contributed by atoms with Crippen LogP contribution in [0.25, 0.3) is 0 Å². The van der Waals surface area contributed by atoms with Crippen molar-refractivity contribution in [2.24, 2.45) is 24.8 Å². The largest absolute Gasteiger partial charge is 0.490 e. The predicted octanol–water partition coefficient (Wildman–Crippen LogP) is 5.65. The van der Waals surface area contributed by atoms with Crippen LogP contribution in [0, 0.1) is 17.8 Å². The highest BCUT2D eigenvalue weighted by Gasteiger charge is 2.45. The van der Waals surface area contributed by atoms with Crippen molar-refractivity contribution in [3.63, 3.8) is 0 Å². The van der Waals surface area contributed by atoms with Gasteiger partial charge in [0, 0.05) is 41.4 Å². The number of halogens is 1. The SMILES string of the molecule is C=S1(=O)NC(=O)c2ccc3c(c2)N(C[C@@H]2CC[C@H]2[C@@H](OCc2ncn(C)n2)/C=C/C[C@H]2CC[C@@H]21)C[C@@]1(CCCc2cc(Cl)ccc21)CO3. The number of hydrogen-bond acceptors (Lipinski definition) is 7. The van der Waals surface area contributed by atoms with Crippen molar-refractivity contribution >= 4 is 38.8 Å². The van der Waals surface area contributed by atoms with Crippen molar-refractivity contribution < 1.29 is 18.5 Å². The van der Waals surface area contributed by atoms with Crippen LogP contribution in [0.1, 0.15) is 72.3 Å². The number of aromatic nitrogens is 3. The molecule has 48 heavy (non-hydrogen) atoms. The number of carbonyl (C=O) groups is 1. The monoisotopic (exact) mass is 689 g/mol. The average molecular weight is 690 g/mol. The molecule has 9 nitrogen and oxygen atoms in total. The van der Waals surface area contributed by atoms with Gasteiger partial charge >= 0.3 is 0 Å². The average Bonchev–Trinajstić information content (AvgIpc) is 3.38. The van der Waals surface area contributed by atoms with E-state index in [9.17, 15) is 9.00 Å². The first-order valence-corrected chi connectivity index (χ1v) is 19.5. The van der Waals surface area contributed by atoms with E-state index >= 15 is 0 Å². The van der Waals surface area contributed by atoms with Crippen LogP contribution in [0.2, 0.25) is 5.02 Å². The Balaban J connectivity index is 1.17. The van der Waals surface area contributed by atoms with Gasteiger partial charge in [-0.2, -0.15) is 5.10 Å². The van der Waals surface area contributed by atoms with Crippen molar-refractivity contribution in [3.05, 3.63) is 82.4 Å². The first kappa shape index (κ1) is 31.9. The Morgan fingerprint density at radius 3 is 2.81 bits per heavy atom. The minimum absolute atomic E-state index is 0.0941. The molecule has 3 aromatic rings. The highest BCUT2D eigenvalue weighted by Crippen LogP contribution is 2.47. The fourth-order valence-electron chi connectivity index (χ4n) is 8.72. The molecule has 2 bridgehead atoms. The van der Waals surface area contributed by atoms with Gasteiger partial charge in [0.2, 0.25) is 0 Å². The number of benzene rings is 2. The molecule has 3 aliphatic carbocycles. The van der Waals surface area contributed by atoms with Crippen LogP contribution in [0.5, 0.6) is 5.75 Å². The molecular formula is C37H44ClN5O4S. The van der Waals surface area contributed by atoms with E-state index in [1.807, 2.05) is 25.2 Å².